The molecular formula is C62H75F3N6O8S. The van der Waals surface area contributed by atoms with Crippen LogP contribution in [0.5, 0.6) is 5.75 Å². The van der Waals surface area contributed by atoms with Crippen LogP contribution in [0, 0.1) is 24.0 Å². The van der Waals surface area contributed by atoms with Gasteiger partial charge in [0.25, 0.3) is 0 Å². The monoisotopic (exact) mass is 1120 g/mol. The number of aliphatic hydroxyl groups excluding tert-OH is 1. The van der Waals surface area contributed by atoms with Gasteiger partial charge in [-0.05, 0) is 104 Å². The summed E-state index contributed by atoms with van der Waals surface area (Å²) in [5.41, 5.74) is 6.98. The predicted molar refractivity (Wildman–Crippen MR) is 302 cm³/mol. The van der Waals surface area contributed by atoms with Crippen LogP contribution in [-0.2, 0) is 43.4 Å². The Hall–Kier alpha value is -6.60. The van der Waals surface area contributed by atoms with E-state index in [1.807, 2.05) is 118 Å². The number of ether oxygens (including phenoxy) is 3. The average Bonchev–Trinajstić information content (AvgIpc) is 4.26. The van der Waals surface area contributed by atoms with Crippen molar-refractivity contribution >= 4 is 40.7 Å². The van der Waals surface area contributed by atoms with Gasteiger partial charge in [0.05, 0.1) is 34.8 Å². The fourth-order valence-electron chi connectivity index (χ4n) is 11.0. The van der Waals surface area contributed by atoms with E-state index < -0.39 is 70.8 Å². The highest BCUT2D eigenvalue weighted by molar-refractivity contribution is 7.13. The van der Waals surface area contributed by atoms with Gasteiger partial charge in [0, 0.05) is 62.9 Å². The number of carbonyl (C=O) groups is 4. The molecule has 80 heavy (non-hydrogen) atoms. The van der Waals surface area contributed by atoms with Gasteiger partial charge >= 0.3 is 6.09 Å². The second kappa shape index (κ2) is 26.3. The van der Waals surface area contributed by atoms with Crippen molar-refractivity contribution in [2.24, 2.45) is 5.41 Å². The number of thiazole rings is 1. The largest absolute Gasteiger partial charge is 0.492 e. The van der Waals surface area contributed by atoms with Crippen LogP contribution < -0.4 is 15.4 Å². The van der Waals surface area contributed by atoms with Gasteiger partial charge in [-0.1, -0.05) is 99.6 Å². The maximum Gasteiger partial charge on any atom is 0.410 e. The Labute approximate surface area is 471 Å². The number of hydrogen-bond donors (Lipinski definition) is 3. The van der Waals surface area contributed by atoms with E-state index in [2.05, 4.69) is 15.6 Å². The molecule has 0 radical (unpaired) electrons. The minimum Gasteiger partial charge on any atom is -0.492 e. The van der Waals surface area contributed by atoms with Crippen molar-refractivity contribution in [2.45, 2.75) is 136 Å². The molecule has 3 aliphatic rings. The molecule has 4 aromatic carbocycles. The lowest BCUT2D eigenvalue weighted by Gasteiger charge is -2.44. The van der Waals surface area contributed by atoms with Crippen LogP contribution >= 0.6 is 11.3 Å². The number of likely N-dealkylation sites (tertiary alicyclic amines) is 1. The van der Waals surface area contributed by atoms with Crippen molar-refractivity contribution in [1.29, 1.82) is 0 Å². The average molecular weight is 1120 g/mol. The van der Waals surface area contributed by atoms with E-state index in [0.717, 1.165) is 61.7 Å². The molecule has 0 unspecified atom stereocenters. The molecule has 5 aromatic rings. The predicted octanol–water partition coefficient (Wildman–Crippen LogP) is 10.3. The van der Waals surface area contributed by atoms with Gasteiger partial charge < -0.3 is 39.8 Å². The lowest BCUT2D eigenvalue weighted by molar-refractivity contribution is -0.144. The minimum atomic E-state index is -1.62. The molecule has 1 aliphatic carbocycles. The first-order chi connectivity index (χ1) is 38.1. The number of halogens is 3. The summed E-state index contributed by atoms with van der Waals surface area (Å²) >= 11 is 1.56. The van der Waals surface area contributed by atoms with Crippen molar-refractivity contribution in [3.05, 3.63) is 147 Å². The summed E-state index contributed by atoms with van der Waals surface area (Å²) in [5, 5.41) is 16.4. The molecule has 1 aromatic heterocycles. The fraction of sp³-hybridized carbons (Fsp3) is 0.468. The van der Waals surface area contributed by atoms with E-state index >= 15 is 13.2 Å². The van der Waals surface area contributed by atoms with Crippen molar-refractivity contribution in [1.82, 2.24) is 30.3 Å². The number of benzene rings is 4. The number of aromatic nitrogens is 1. The number of aliphatic hydroxyl groups is 1. The molecule has 8 rings (SSSR count). The summed E-state index contributed by atoms with van der Waals surface area (Å²) in [6, 6.07) is 24.3. The number of unbranched alkanes of at least 4 members (excludes halogenated alkanes) is 2. The molecular weight excluding hydrogens is 1050 g/mol. The summed E-state index contributed by atoms with van der Waals surface area (Å²) in [6.07, 6.45) is 1.36. The van der Waals surface area contributed by atoms with E-state index in [-0.39, 0.29) is 82.9 Å². The molecule has 14 nitrogen and oxygen atoms in total. The molecule has 1 fully saturated rings. The summed E-state index contributed by atoms with van der Waals surface area (Å²) in [4.78, 5) is 64.6. The highest BCUT2D eigenvalue weighted by Crippen LogP contribution is 2.50. The number of aryl methyl sites for hydroxylation is 1. The molecule has 1 saturated heterocycles. The summed E-state index contributed by atoms with van der Waals surface area (Å²) in [6.45, 7) is 12.6. The van der Waals surface area contributed by atoms with Crippen molar-refractivity contribution in [3.63, 3.8) is 0 Å². The number of rotatable bonds is 23. The van der Waals surface area contributed by atoms with Crippen molar-refractivity contribution in [3.8, 4) is 16.2 Å². The van der Waals surface area contributed by atoms with Crippen molar-refractivity contribution < 1.29 is 51.7 Å². The third kappa shape index (κ3) is 15.0. The van der Waals surface area contributed by atoms with Crippen LogP contribution in [0.1, 0.15) is 113 Å². The van der Waals surface area contributed by atoms with E-state index in [9.17, 15) is 24.3 Å². The lowest BCUT2D eigenvalue weighted by atomic mass is 9.84. The number of nitrogens with one attached hydrogen (secondary N) is 2. The molecule has 3 heterocycles. The van der Waals surface area contributed by atoms with E-state index in [0.29, 0.717) is 32.1 Å². The zero-order valence-electron chi connectivity index (χ0n) is 46.9. The fourth-order valence-corrected chi connectivity index (χ4v) is 11.8. The smallest absolute Gasteiger partial charge is 0.410 e. The Morgan fingerprint density at radius 3 is 2.30 bits per heavy atom. The van der Waals surface area contributed by atoms with Crippen LogP contribution in [0.3, 0.4) is 0 Å². The number of fused-ring (bicyclic) bond motifs is 2. The topological polar surface area (TPSA) is 163 Å². The van der Waals surface area contributed by atoms with Gasteiger partial charge in [-0.25, -0.2) is 22.9 Å². The van der Waals surface area contributed by atoms with Crippen LogP contribution in [-0.4, -0.2) is 125 Å². The van der Waals surface area contributed by atoms with Crippen LogP contribution in [0.25, 0.3) is 16.0 Å². The third-order valence-electron chi connectivity index (χ3n) is 15.0. The van der Waals surface area contributed by atoms with Gasteiger partial charge in [0.2, 0.25) is 17.7 Å². The SMILES string of the molecule is Cc1ncsc1-c1ccc(CNC(=O)[C@@H]2C[C@@H](O)CN2C(=O)[C@@H](NC(=O)COCCCCCN(CCOc2cc(F)c([C@@H]3C4=C(C[C@@H](C)N3CC(C)(C)F)c3ccccc3C4)c(F)c2)C(=O)OCc2ccccc2)C(C)(C)C)cc1. The second-order valence-electron chi connectivity index (χ2n) is 22.9. The molecule has 0 saturated carbocycles. The van der Waals surface area contributed by atoms with Crippen LogP contribution in [0.2, 0.25) is 0 Å². The highest BCUT2D eigenvalue weighted by atomic mass is 32.1. The van der Waals surface area contributed by atoms with Crippen molar-refractivity contribution in [2.75, 3.05) is 46.0 Å². The highest BCUT2D eigenvalue weighted by Gasteiger charge is 2.45. The standard InChI is InChI=1S/C62H75F3N6O8S/c1-39-28-48-47-19-13-12-18-44(47)29-49(48)55(71(39)37-62(6,7)65)54-50(63)31-46(32-51(54)64)78-27-25-69(60(76)79-35-42-16-10-8-11-17-42)24-14-9-15-26-77-36-53(73)68-57(61(3,4)5)59(75)70-34-45(72)30-52(70)58(74)66-33-41-20-22-43(23-21-41)56-40(2)67-38-80-56/h8,10-13,16-23,31-32,38-39,45,52,55,57,72H,9,14-15,24-30,33-37H2,1-7H3,(H,66,74)(H,68,73)/t39-,45-,52+,55+,57-/m1/s1. The third-order valence-corrected chi connectivity index (χ3v) is 16.0. The molecule has 18 heteroatoms. The minimum absolute atomic E-state index is 0.0177. The normalized spacial score (nSPS) is 18.6. The zero-order valence-corrected chi connectivity index (χ0v) is 47.7. The zero-order chi connectivity index (χ0) is 57.3. The Morgan fingerprint density at radius 1 is 0.900 bits per heavy atom. The molecule has 3 N–H and O–H groups in total. The summed E-state index contributed by atoms with van der Waals surface area (Å²) in [5.74, 6) is -3.06. The van der Waals surface area contributed by atoms with Gasteiger partial charge in [-0.3, -0.25) is 19.3 Å². The first-order valence-electron chi connectivity index (χ1n) is 27.6. The number of hydrogen-bond acceptors (Lipinski definition) is 11. The van der Waals surface area contributed by atoms with E-state index in [4.69, 9.17) is 14.2 Å². The van der Waals surface area contributed by atoms with Crippen LogP contribution in [0.4, 0.5) is 18.0 Å². The summed E-state index contributed by atoms with van der Waals surface area (Å²) < 4.78 is 65.6. The molecule has 2 aliphatic heterocycles. The van der Waals surface area contributed by atoms with Gasteiger partial charge in [0.15, 0.2) is 0 Å². The second-order valence-corrected chi connectivity index (χ2v) is 23.8. The Balaban J connectivity index is 0.820. The molecule has 5 atom stereocenters. The molecule has 0 spiro atoms. The van der Waals surface area contributed by atoms with Gasteiger partial charge in [-0.2, -0.15) is 0 Å². The number of nitrogens with zero attached hydrogens (tertiary/aromatic N) is 4. The molecule has 0 bridgehead atoms. The maximum atomic E-state index is 16.5. The first-order valence-corrected chi connectivity index (χ1v) is 28.5. The van der Waals surface area contributed by atoms with E-state index in [1.54, 1.807) is 16.8 Å². The first kappa shape index (κ1) is 59.5. The number of amides is 4. The number of alkyl halides is 1. The Kier molecular flexibility index (Phi) is 19.6. The molecule has 428 valence electrons. The number of carbonyl (C=O) groups excluding carboxylic acids is 4. The van der Waals surface area contributed by atoms with E-state index in [1.165, 1.54) is 23.6 Å². The maximum absolute atomic E-state index is 16.5. The van der Waals surface area contributed by atoms with Crippen LogP contribution in [0.15, 0.2) is 102 Å². The molecule has 4 amide bonds. The Bertz CT molecular complexity index is 2970. The Morgan fingerprint density at radius 2 is 1.61 bits per heavy atom. The van der Waals surface area contributed by atoms with Gasteiger partial charge in [-0.15, -0.1) is 11.3 Å². The number of β-amino-alcohol motifs (C(OH)–C–C–N with tert-alkyl or cyclic N) is 1. The quantitative estimate of drug-likeness (QED) is 0.0537. The summed E-state index contributed by atoms with van der Waals surface area (Å²) in [7, 11) is 0. The van der Waals surface area contributed by atoms with Gasteiger partial charge in [0.1, 0.15) is 55.0 Å². The lowest BCUT2D eigenvalue weighted by Crippen LogP contribution is -2.58.